The summed E-state index contributed by atoms with van der Waals surface area (Å²) in [5.41, 5.74) is 13.1. The highest BCUT2D eigenvalue weighted by Crippen LogP contribution is 2.36. The van der Waals surface area contributed by atoms with Gasteiger partial charge in [-0.2, -0.15) is 0 Å². The van der Waals surface area contributed by atoms with Crippen LogP contribution >= 0.6 is 23.2 Å². The van der Waals surface area contributed by atoms with Gasteiger partial charge in [0.25, 0.3) is 0 Å². The van der Waals surface area contributed by atoms with Crippen molar-refractivity contribution in [2.75, 3.05) is 5.73 Å². The molecule has 0 fully saturated rings. The Bertz CT molecular complexity index is 1100. The summed E-state index contributed by atoms with van der Waals surface area (Å²) < 4.78 is 26.4. The highest BCUT2D eigenvalue weighted by molar-refractivity contribution is 6.32. The summed E-state index contributed by atoms with van der Waals surface area (Å²) in [6, 6.07) is 7.46. The SMILES string of the molecule is C=C/C=C\C(C(=C)O/C(Cc1ccc(Cl)c(Oc2cc(N)cc(Cl)c2)c1F)=N\N)=C(\C)N. The highest BCUT2D eigenvalue weighted by Gasteiger charge is 2.18. The number of allylic oxidation sites excluding steroid dienone is 4. The van der Waals surface area contributed by atoms with Crippen molar-refractivity contribution < 1.29 is 13.9 Å². The van der Waals surface area contributed by atoms with E-state index < -0.39 is 5.82 Å². The van der Waals surface area contributed by atoms with Gasteiger partial charge in [0.2, 0.25) is 5.90 Å². The molecule has 0 aliphatic rings. The van der Waals surface area contributed by atoms with Gasteiger partial charge in [0.1, 0.15) is 11.5 Å². The molecule has 9 heteroatoms. The smallest absolute Gasteiger partial charge is 0.216 e. The number of hydrazone groups is 1. The number of benzene rings is 2. The van der Waals surface area contributed by atoms with E-state index in [1.807, 2.05) is 0 Å². The quantitative estimate of drug-likeness (QED) is 0.0844. The Morgan fingerprint density at radius 3 is 2.56 bits per heavy atom. The maximum Gasteiger partial charge on any atom is 0.216 e. The summed E-state index contributed by atoms with van der Waals surface area (Å²) in [7, 11) is 0. The van der Waals surface area contributed by atoms with Gasteiger partial charge in [-0.05, 0) is 31.2 Å². The van der Waals surface area contributed by atoms with Crippen LogP contribution in [0.15, 0.2) is 83.8 Å². The van der Waals surface area contributed by atoms with Gasteiger partial charge < -0.3 is 26.8 Å². The number of nitrogens with two attached hydrogens (primary N) is 3. The molecule has 0 heterocycles. The third-order valence-corrected chi connectivity index (χ3v) is 4.61. The van der Waals surface area contributed by atoms with Crippen LogP contribution in [0.5, 0.6) is 11.5 Å². The lowest BCUT2D eigenvalue weighted by molar-refractivity contribution is 0.414. The van der Waals surface area contributed by atoms with Gasteiger partial charge >= 0.3 is 0 Å². The lowest BCUT2D eigenvalue weighted by Crippen LogP contribution is -2.14. The Labute approximate surface area is 196 Å². The number of halogens is 3. The molecule has 2 aromatic rings. The molecule has 0 aliphatic carbocycles. The lowest BCUT2D eigenvalue weighted by atomic mass is 10.1. The Morgan fingerprint density at radius 2 is 1.97 bits per heavy atom. The summed E-state index contributed by atoms with van der Waals surface area (Å²) in [4.78, 5) is 0. The molecule has 168 valence electrons. The van der Waals surface area contributed by atoms with E-state index in [1.54, 1.807) is 25.2 Å². The number of anilines is 1. The van der Waals surface area contributed by atoms with Crippen molar-refractivity contribution in [1.29, 1.82) is 0 Å². The molecule has 0 amide bonds. The zero-order valence-electron chi connectivity index (χ0n) is 17.4. The van der Waals surface area contributed by atoms with Crippen LogP contribution in [0, 0.1) is 5.82 Å². The fourth-order valence-corrected chi connectivity index (χ4v) is 3.06. The monoisotopic (exact) mass is 476 g/mol. The molecule has 0 atom stereocenters. The van der Waals surface area contributed by atoms with Crippen LogP contribution in [0.25, 0.3) is 0 Å². The summed E-state index contributed by atoms with van der Waals surface area (Å²) in [5, 5.41) is 3.99. The zero-order chi connectivity index (χ0) is 23.8. The highest BCUT2D eigenvalue weighted by atomic mass is 35.5. The summed E-state index contributed by atoms with van der Waals surface area (Å²) in [6.07, 6.45) is 4.82. The average molecular weight is 477 g/mol. The normalized spacial score (nSPS) is 12.4. The molecule has 0 saturated heterocycles. The number of nitrogens with zero attached hydrogens (tertiary/aromatic N) is 1. The van der Waals surface area contributed by atoms with Gasteiger partial charge in [-0.3, -0.25) is 0 Å². The van der Waals surface area contributed by atoms with Crippen molar-refractivity contribution in [3.8, 4) is 11.5 Å². The van der Waals surface area contributed by atoms with E-state index >= 15 is 4.39 Å². The maximum absolute atomic E-state index is 15.2. The second-order valence-corrected chi connectivity index (χ2v) is 7.43. The van der Waals surface area contributed by atoms with E-state index in [-0.39, 0.29) is 40.2 Å². The van der Waals surface area contributed by atoms with Crippen LogP contribution in [0.1, 0.15) is 12.5 Å². The molecule has 32 heavy (non-hydrogen) atoms. The van der Waals surface area contributed by atoms with E-state index in [4.69, 9.17) is 50.0 Å². The number of ether oxygens (including phenoxy) is 2. The Balaban J connectivity index is 2.29. The second-order valence-electron chi connectivity index (χ2n) is 6.59. The number of hydrogen-bond donors (Lipinski definition) is 3. The number of rotatable bonds is 8. The molecule has 0 aromatic heterocycles. The van der Waals surface area contributed by atoms with Crippen LogP contribution in [0.3, 0.4) is 0 Å². The third-order valence-electron chi connectivity index (χ3n) is 4.09. The maximum atomic E-state index is 15.2. The van der Waals surface area contributed by atoms with Crippen LogP contribution in [-0.2, 0) is 11.2 Å². The first-order valence-corrected chi connectivity index (χ1v) is 10.0. The first-order chi connectivity index (χ1) is 15.2. The van der Waals surface area contributed by atoms with Gasteiger partial charge in [0.15, 0.2) is 11.6 Å². The minimum atomic E-state index is -0.719. The minimum absolute atomic E-state index is 0.0000690. The summed E-state index contributed by atoms with van der Waals surface area (Å²) in [5.74, 6) is 4.95. The summed E-state index contributed by atoms with van der Waals surface area (Å²) >= 11 is 12.1. The molecule has 0 unspecified atom stereocenters. The predicted octanol–water partition coefficient (Wildman–Crippen LogP) is 5.83. The van der Waals surface area contributed by atoms with E-state index in [9.17, 15) is 0 Å². The standard InChI is InChI=1S/C23H23Cl2FN4O2/c1-4-5-6-19(13(2)27)14(3)31-21(30-29)9-15-7-8-20(25)23(22(15)26)32-18-11-16(24)10-17(28)12-18/h4-8,10-12H,1,3,9,27-29H2,2H3/b6-5-,19-13+,30-21-. The van der Waals surface area contributed by atoms with Gasteiger partial charge in [-0.1, -0.05) is 54.6 Å². The molecule has 6 nitrogen and oxygen atoms in total. The van der Waals surface area contributed by atoms with E-state index in [1.165, 1.54) is 30.3 Å². The Hall–Kier alpha value is -3.42. The Kier molecular flexibility index (Phi) is 8.75. The van der Waals surface area contributed by atoms with Crippen molar-refractivity contribution >= 4 is 34.8 Å². The van der Waals surface area contributed by atoms with E-state index in [0.29, 0.717) is 22.0 Å². The fraction of sp³-hybridized carbons (Fsp3) is 0.0870. The van der Waals surface area contributed by atoms with Crippen molar-refractivity contribution in [2.45, 2.75) is 13.3 Å². The first kappa shape index (κ1) is 24.8. The first-order valence-electron chi connectivity index (χ1n) is 9.26. The molecule has 0 radical (unpaired) electrons. The molecule has 0 saturated carbocycles. The van der Waals surface area contributed by atoms with Gasteiger partial charge in [0.05, 0.1) is 11.4 Å². The predicted molar refractivity (Wildman–Crippen MR) is 129 cm³/mol. The van der Waals surface area contributed by atoms with Gasteiger partial charge in [-0.25, -0.2) is 4.39 Å². The molecule has 0 bridgehead atoms. The average Bonchev–Trinajstić information content (AvgIpc) is 2.71. The van der Waals surface area contributed by atoms with Crippen molar-refractivity contribution in [2.24, 2.45) is 16.7 Å². The molecular formula is C23H23Cl2FN4O2. The largest absolute Gasteiger partial charge is 0.453 e. The van der Waals surface area contributed by atoms with Crippen LogP contribution in [0.2, 0.25) is 10.0 Å². The van der Waals surface area contributed by atoms with Gasteiger partial charge in [-0.15, -0.1) is 5.10 Å². The molecule has 2 rings (SSSR count). The number of nitrogen functional groups attached to an aromatic ring is 1. The Morgan fingerprint density at radius 1 is 1.25 bits per heavy atom. The molecule has 0 spiro atoms. The van der Waals surface area contributed by atoms with Gasteiger partial charge in [0, 0.05) is 33.6 Å². The molecular weight excluding hydrogens is 454 g/mol. The zero-order valence-corrected chi connectivity index (χ0v) is 18.9. The van der Waals surface area contributed by atoms with Crippen molar-refractivity contribution in [3.63, 3.8) is 0 Å². The van der Waals surface area contributed by atoms with Crippen LogP contribution in [0.4, 0.5) is 10.1 Å². The molecule has 0 aliphatic heterocycles. The van der Waals surface area contributed by atoms with Crippen LogP contribution < -0.4 is 22.0 Å². The molecule has 6 N–H and O–H groups in total. The fourth-order valence-electron chi connectivity index (χ4n) is 2.64. The second kappa shape index (κ2) is 11.3. The lowest BCUT2D eigenvalue weighted by Gasteiger charge is -2.15. The number of hydrogen-bond acceptors (Lipinski definition) is 6. The summed E-state index contributed by atoms with van der Waals surface area (Å²) in [6.45, 7) is 9.13. The van der Waals surface area contributed by atoms with E-state index in [2.05, 4.69) is 18.3 Å². The van der Waals surface area contributed by atoms with E-state index in [0.717, 1.165) is 0 Å². The third kappa shape index (κ3) is 6.54. The van der Waals surface area contributed by atoms with Crippen LogP contribution in [-0.4, -0.2) is 5.90 Å². The molecule has 2 aromatic carbocycles. The topological polar surface area (TPSA) is 109 Å². The minimum Gasteiger partial charge on any atom is -0.453 e. The van der Waals surface area contributed by atoms with Crippen molar-refractivity contribution in [3.05, 3.63) is 100 Å². The van der Waals surface area contributed by atoms with Crippen molar-refractivity contribution in [1.82, 2.24) is 0 Å².